The lowest BCUT2D eigenvalue weighted by Gasteiger charge is -2.26. The summed E-state index contributed by atoms with van der Waals surface area (Å²) in [5, 5.41) is 2.66. The summed E-state index contributed by atoms with van der Waals surface area (Å²) in [6.45, 7) is 8.25. The van der Waals surface area contributed by atoms with Crippen molar-refractivity contribution in [2.45, 2.75) is 33.3 Å². The van der Waals surface area contributed by atoms with Crippen molar-refractivity contribution in [3.05, 3.63) is 34.1 Å². The summed E-state index contributed by atoms with van der Waals surface area (Å²) in [4.78, 5) is 25.4. The molecular formula is C16H22BrFN2O3. The maximum atomic E-state index is 13.4. The Balaban J connectivity index is 2.52. The van der Waals surface area contributed by atoms with E-state index < -0.39 is 23.4 Å². The van der Waals surface area contributed by atoms with Crippen LogP contribution in [0.5, 0.6) is 0 Å². The van der Waals surface area contributed by atoms with Crippen LogP contribution in [0, 0.1) is 5.82 Å². The SMILES string of the molecule is CCN(CCNC(=O)c1ccc(Br)c(F)c1)C(=O)OC(C)(C)C. The maximum absolute atomic E-state index is 13.4. The van der Waals surface area contributed by atoms with E-state index >= 15 is 0 Å². The molecule has 7 heteroatoms. The fraction of sp³-hybridized carbons (Fsp3) is 0.500. The summed E-state index contributed by atoms with van der Waals surface area (Å²) >= 11 is 3.03. The van der Waals surface area contributed by atoms with Crippen LogP contribution in [0.15, 0.2) is 22.7 Å². The summed E-state index contributed by atoms with van der Waals surface area (Å²) in [5.74, 6) is -0.891. The van der Waals surface area contributed by atoms with Crippen molar-refractivity contribution in [1.29, 1.82) is 0 Å². The molecule has 1 aromatic carbocycles. The Kier molecular flexibility index (Phi) is 7.00. The van der Waals surface area contributed by atoms with Gasteiger partial charge in [-0.25, -0.2) is 9.18 Å². The van der Waals surface area contributed by atoms with Gasteiger partial charge >= 0.3 is 6.09 Å². The van der Waals surface area contributed by atoms with Gasteiger partial charge in [-0.2, -0.15) is 0 Å². The Bertz CT molecular complexity index is 573. The largest absolute Gasteiger partial charge is 0.444 e. The summed E-state index contributed by atoms with van der Waals surface area (Å²) in [6, 6.07) is 4.15. The normalized spacial score (nSPS) is 11.0. The highest BCUT2D eigenvalue weighted by molar-refractivity contribution is 9.10. The third kappa shape index (κ3) is 6.56. The van der Waals surface area contributed by atoms with Crippen LogP contribution in [0.2, 0.25) is 0 Å². The first-order valence-electron chi connectivity index (χ1n) is 7.35. The number of carbonyl (C=O) groups is 2. The van der Waals surface area contributed by atoms with Crippen LogP contribution < -0.4 is 5.32 Å². The minimum Gasteiger partial charge on any atom is -0.444 e. The lowest BCUT2D eigenvalue weighted by atomic mass is 10.2. The number of halogens is 2. The highest BCUT2D eigenvalue weighted by Gasteiger charge is 2.21. The fourth-order valence-electron chi connectivity index (χ4n) is 1.75. The quantitative estimate of drug-likeness (QED) is 0.838. The zero-order valence-corrected chi connectivity index (χ0v) is 15.4. The second-order valence-corrected chi connectivity index (χ2v) is 6.80. The van der Waals surface area contributed by atoms with Gasteiger partial charge in [0.05, 0.1) is 4.47 Å². The molecule has 1 aromatic rings. The number of hydrogen-bond acceptors (Lipinski definition) is 3. The first-order valence-corrected chi connectivity index (χ1v) is 8.14. The fourth-order valence-corrected chi connectivity index (χ4v) is 2.00. The highest BCUT2D eigenvalue weighted by atomic mass is 79.9. The van der Waals surface area contributed by atoms with Gasteiger partial charge in [0.25, 0.3) is 5.91 Å². The molecule has 0 aliphatic heterocycles. The summed E-state index contributed by atoms with van der Waals surface area (Å²) in [5.41, 5.74) is -0.339. The van der Waals surface area contributed by atoms with Crippen LogP contribution in [0.3, 0.4) is 0 Å². The summed E-state index contributed by atoms with van der Waals surface area (Å²) in [7, 11) is 0. The molecule has 0 spiro atoms. The number of nitrogens with one attached hydrogen (secondary N) is 1. The molecule has 0 aliphatic rings. The van der Waals surface area contributed by atoms with Crippen LogP contribution >= 0.6 is 15.9 Å². The van der Waals surface area contributed by atoms with Crippen molar-refractivity contribution < 1.29 is 18.7 Å². The molecule has 0 fully saturated rings. The Labute approximate surface area is 144 Å². The van der Waals surface area contributed by atoms with Gasteiger partial charge in [-0.15, -0.1) is 0 Å². The van der Waals surface area contributed by atoms with Crippen LogP contribution in [-0.4, -0.2) is 42.1 Å². The van der Waals surface area contributed by atoms with Gasteiger partial charge in [0.1, 0.15) is 11.4 Å². The minimum absolute atomic E-state index is 0.228. The van der Waals surface area contributed by atoms with Crippen molar-refractivity contribution in [2.75, 3.05) is 19.6 Å². The lowest BCUT2D eigenvalue weighted by Crippen LogP contribution is -2.41. The van der Waals surface area contributed by atoms with E-state index in [0.717, 1.165) is 6.07 Å². The molecule has 0 aromatic heterocycles. The van der Waals surface area contributed by atoms with E-state index in [1.54, 1.807) is 20.8 Å². The summed E-state index contributed by atoms with van der Waals surface area (Å²) in [6.07, 6.45) is -0.427. The predicted octanol–water partition coefficient (Wildman–Crippen LogP) is 3.58. The lowest BCUT2D eigenvalue weighted by molar-refractivity contribution is 0.0261. The standard InChI is InChI=1S/C16H22BrFN2O3/c1-5-20(15(22)23-16(2,3)4)9-8-19-14(21)11-6-7-12(17)13(18)10-11/h6-7,10H,5,8-9H2,1-4H3,(H,19,21). The molecule has 0 saturated heterocycles. The van der Waals surface area contributed by atoms with E-state index in [4.69, 9.17) is 4.74 Å². The van der Waals surface area contributed by atoms with Crippen molar-refractivity contribution in [3.63, 3.8) is 0 Å². The van der Waals surface area contributed by atoms with E-state index in [9.17, 15) is 14.0 Å². The number of nitrogens with zero attached hydrogens (tertiary/aromatic N) is 1. The zero-order valence-electron chi connectivity index (χ0n) is 13.8. The van der Waals surface area contributed by atoms with Crippen molar-refractivity contribution in [1.82, 2.24) is 10.2 Å². The summed E-state index contributed by atoms with van der Waals surface area (Å²) < 4.78 is 19.0. The van der Waals surface area contributed by atoms with Gasteiger partial charge in [-0.3, -0.25) is 4.79 Å². The average molecular weight is 389 g/mol. The highest BCUT2D eigenvalue weighted by Crippen LogP contribution is 2.16. The van der Waals surface area contributed by atoms with Gasteiger partial charge in [-0.1, -0.05) is 0 Å². The number of ether oxygens (including phenoxy) is 1. The van der Waals surface area contributed by atoms with Crippen LogP contribution in [0.1, 0.15) is 38.1 Å². The Morgan fingerprint density at radius 1 is 1.35 bits per heavy atom. The van der Waals surface area contributed by atoms with Crippen molar-refractivity contribution in [2.24, 2.45) is 0 Å². The molecule has 0 saturated carbocycles. The molecule has 0 heterocycles. The van der Waals surface area contributed by atoms with Gasteiger partial charge in [0.15, 0.2) is 0 Å². The molecule has 2 amide bonds. The monoisotopic (exact) mass is 388 g/mol. The van der Waals surface area contributed by atoms with Gasteiger partial charge in [-0.05, 0) is 61.8 Å². The van der Waals surface area contributed by atoms with E-state index in [1.165, 1.54) is 17.0 Å². The molecular weight excluding hydrogens is 367 g/mol. The third-order valence-electron chi connectivity index (χ3n) is 2.88. The number of benzene rings is 1. The van der Waals surface area contributed by atoms with Crippen LogP contribution in [-0.2, 0) is 4.74 Å². The van der Waals surface area contributed by atoms with E-state index in [1.807, 2.05) is 6.92 Å². The topological polar surface area (TPSA) is 58.6 Å². The molecule has 0 unspecified atom stereocenters. The molecule has 0 radical (unpaired) electrons. The third-order valence-corrected chi connectivity index (χ3v) is 3.53. The van der Waals surface area contributed by atoms with E-state index in [2.05, 4.69) is 21.2 Å². The number of hydrogen-bond donors (Lipinski definition) is 1. The smallest absolute Gasteiger partial charge is 0.410 e. The van der Waals surface area contributed by atoms with Gasteiger partial charge < -0.3 is 15.0 Å². The van der Waals surface area contributed by atoms with E-state index in [0.29, 0.717) is 17.6 Å². The predicted molar refractivity (Wildman–Crippen MR) is 89.9 cm³/mol. The molecule has 0 bridgehead atoms. The Morgan fingerprint density at radius 3 is 2.52 bits per heavy atom. The van der Waals surface area contributed by atoms with Crippen LogP contribution in [0.25, 0.3) is 0 Å². The van der Waals surface area contributed by atoms with E-state index in [-0.39, 0.29) is 12.1 Å². The first kappa shape index (κ1) is 19.4. The molecule has 0 atom stereocenters. The Hall–Kier alpha value is -1.63. The average Bonchev–Trinajstić information content (AvgIpc) is 2.44. The molecule has 1 N–H and O–H groups in total. The van der Waals surface area contributed by atoms with Crippen molar-refractivity contribution >= 4 is 27.9 Å². The molecule has 23 heavy (non-hydrogen) atoms. The number of carbonyl (C=O) groups excluding carboxylic acids is 2. The minimum atomic E-state index is -0.567. The molecule has 5 nitrogen and oxygen atoms in total. The van der Waals surface area contributed by atoms with Gasteiger partial charge in [0, 0.05) is 25.2 Å². The molecule has 128 valence electrons. The first-order chi connectivity index (χ1) is 10.6. The van der Waals surface area contributed by atoms with Gasteiger partial charge in [0.2, 0.25) is 0 Å². The molecule has 0 aliphatic carbocycles. The number of rotatable bonds is 5. The zero-order chi connectivity index (χ0) is 17.6. The second kappa shape index (κ2) is 8.29. The number of amides is 2. The number of likely N-dealkylation sites (N-methyl/N-ethyl adjacent to an activating group) is 1. The maximum Gasteiger partial charge on any atom is 0.410 e. The second-order valence-electron chi connectivity index (χ2n) is 5.94. The Morgan fingerprint density at radius 2 is 2.00 bits per heavy atom. The molecule has 1 rings (SSSR count). The van der Waals surface area contributed by atoms with Crippen LogP contribution in [0.4, 0.5) is 9.18 Å². The van der Waals surface area contributed by atoms with Crippen molar-refractivity contribution in [3.8, 4) is 0 Å².